The Morgan fingerprint density at radius 2 is 1.94 bits per heavy atom. The summed E-state index contributed by atoms with van der Waals surface area (Å²) in [6.07, 6.45) is 1.69. The Morgan fingerprint density at radius 1 is 1.12 bits per heavy atom. The van der Waals surface area contributed by atoms with Crippen LogP contribution in [0.25, 0.3) is 11.1 Å². The van der Waals surface area contributed by atoms with E-state index in [-0.39, 0.29) is 0 Å². The van der Waals surface area contributed by atoms with Crippen molar-refractivity contribution in [3.05, 3.63) is 59.1 Å². The van der Waals surface area contributed by atoms with E-state index < -0.39 is 0 Å². The summed E-state index contributed by atoms with van der Waals surface area (Å²) in [5.74, 6) is 0. The van der Waals surface area contributed by atoms with Gasteiger partial charge < -0.3 is 4.84 Å². The van der Waals surface area contributed by atoms with E-state index in [0.717, 1.165) is 21.7 Å². The molecule has 0 aliphatic carbocycles. The summed E-state index contributed by atoms with van der Waals surface area (Å²) in [4.78, 5) is 4.70. The smallest absolute Gasteiger partial charge is 0.106 e. The molecule has 0 atom stereocenters. The highest BCUT2D eigenvalue weighted by Crippen LogP contribution is 2.25. The van der Waals surface area contributed by atoms with Gasteiger partial charge in [0.25, 0.3) is 0 Å². The molecule has 2 aromatic carbocycles. The number of rotatable bonds is 3. The van der Waals surface area contributed by atoms with Crippen LogP contribution in [0.3, 0.4) is 0 Å². The molecular weight excluding hydrogens is 234 g/mol. The van der Waals surface area contributed by atoms with Crippen LogP contribution in [0.2, 0.25) is 5.02 Å². The second-order valence-corrected chi connectivity index (χ2v) is 3.95. The van der Waals surface area contributed by atoms with Gasteiger partial charge in [-0.1, -0.05) is 53.2 Å². The Morgan fingerprint density at radius 3 is 2.71 bits per heavy atom. The minimum absolute atomic E-state index is 0.723. The molecule has 2 rings (SSSR count). The van der Waals surface area contributed by atoms with E-state index >= 15 is 0 Å². The number of oxime groups is 1. The molecule has 0 heterocycles. The molecule has 0 fully saturated rings. The molecule has 0 saturated carbocycles. The molecule has 0 aromatic heterocycles. The first kappa shape index (κ1) is 11.7. The number of benzene rings is 2. The maximum atomic E-state index is 5.99. The third-order valence-corrected chi connectivity index (χ3v) is 2.63. The first-order valence-corrected chi connectivity index (χ1v) is 5.60. The predicted molar refractivity (Wildman–Crippen MR) is 71.5 cm³/mol. The third-order valence-electron chi connectivity index (χ3n) is 2.39. The summed E-state index contributed by atoms with van der Waals surface area (Å²) in [5.41, 5.74) is 3.14. The van der Waals surface area contributed by atoms with Crippen molar-refractivity contribution >= 4 is 17.8 Å². The van der Waals surface area contributed by atoms with E-state index in [0.29, 0.717) is 0 Å². The minimum Gasteiger partial charge on any atom is -0.399 e. The summed E-state index contributed by atoms with van der Waals surface area (Å²) < 4.78 is 0. The molecule has 0 saturated heterocycles. The van der Waals surface area contributed by atoms with Gasteiger partial charge in [0, 0.05) is 10.6 Å². The predicted octanol–water partition coefficient (Wildman–Crippen LogP) is 3.99. The van der Waals surface area contributed by atoms with Crippen molar-refractivity contribution in [2.24, 2.45) is 5.16 Å². The van der Waals surface area contributed by atoms with Crippen LogP contribution >= 0.6 is 11.6 Å². The Hall–Kier alpha value is -1.80. The Kier molecular flexibility index (Phi) is 3.78. The van der Waals surface area contributed by atoms with E-state index in [1.807, 2.05) is 48.5 Å². The largest absolute Gasteiger partial charge is 0.399 e. The van der Waals surface area contributed by atoms with Crippen LogP contribution in [0.15, 0.2) is 53.7 Å². The Balaban J connectivity index is 2.48. The summed E-state index contributed by atoms with van der Waals surface area (Å²) in [6.45, 7) is 0. The van der Waals surface area contributed by atoms with Crippen molar-refractivity contribution in [1.29, 1.82) is 0 Å². The second-order valence-electron chi connectivity index (χ2n) is 3.51. The molecule has 3 heteroatoms. The minimum atomic E-state index is 0.723. The van der Waals surface area contributed by atoms with Crippen LogP contribution < -0.4 is 0 Å². The summed E-state index contributed by atoms with van der Waals surface area (Å²) >= 11 is 5.99. The van der Waals surface area contributed by atoms with Crippen LogP contribution in [-0.2, 0) is 4.84 Å². The zero-order valence-electron chi connectivity index (χ0n) is 9.43. The van der Waals surface area contributed by atoms with E-state index in [9.17, 15) is 0 Å². The van der Waals surface area contributed by atoms with Crippen molar-refractivity contribution < 1.29 is 4.84 Å². The van der Waals surface area contributed by atoms with Crippen molar-refractivity contribution in [3.63, 3.8) is 0 Å². The molecule has 0 N–H and O–H groups in total. The molecule has 2 aromatic rings. The highest BCUT2D eigenvalue weighted by molar-refractivity contribution is 6.30. The normalized spacial score (nSPS) is 10.7. The summed E-state index contributed by atoms with van der Waals surface area (Å²) in [6, 6.07) is 15.7. The average molecular weight is 246 g/mol. The molecule has 2 nitrogen and oxygen atoms in total. The van der Waals surface area contributed by atoms with Crippen LogP contribution in [0, 0.1) is 0 Å². The third kappa shape index (κ3) is 2.86. The highest BCUT2D eigenvalue weighted by Gasteiger charge is 2.03. The van der Waals surface area contributed by atoms with Crippen LogP contribution in [-0.4, -0.2) is 13.3 Å². The van der Waals surface area contributed by atoms with Gasteiger partial charge in [-0.25, -0.2) is 0 Å². The molecule has 0 aliphatic rings. The lowest BCUT2D eigenvalue weighted by Crippen LogP contribution is -1.88. The van der Waals surface area contributed by atoms with Crippen molar-refractivity contribution in [2.75, 3.05) is 7.11 Å². The fraction of sp³-hybridized carbons (Fsp3) is 0.0714. The number of nitrogens with zero attached hydrogens (tertiary/aromatic N) is 1. The van der Waals surface area contributed by atoms with Crippen molar-refractivity contribution in [3.8, 4) is 11.1 Å². The van der Waals surface area contributed by atoms with Gasteiger partial charge in [0.05, 0.1) is 6.21 Å². The van der Waals surface area contributed by atoms with Crippen LogP contribution in [0.5, 0.6) is 0 Å². The molecule has 0 radical (unpaired) electrons. The highest BCUT2D eigenvalue weighted by atomic mass is 35.5. The lowest BCUT2D eigenvalue weighted by Gasteiger charge is -2.05. The lowest BCUT2D eigenvalue weighted by molar-refractivity contribution is 0.215. The first-order chi connectivity index (χ1) is 8.31. The molecule has 0 unspecified atom stereocenters. The zero-order valence-corrected chi connectivity index (χ0v) is 10.2. The summed E-state index contributed by atoms with van der Waals surface area (Å²) in [7, 11) is 1.53. The maximum Gasteiger partial charge on any atom is 0.106 e. The maximum absolute atomic E-state index is 5.99. The van der Waals surface area contributed by atoms with Crippen molar-refractivity contribution in [1.82, 2.24) is 0 Å². The van der Waals surface area contributed by atoms with E-state index in [1.54, 1.807) is 6.21 Å². The SMILES string of the molecule is CO/N=C/c1ccccc1-c1cccc(Cl)c1. The number of hydrogen-bond acceptors (Lipinski definition) is 2. The standard InChI is InChI=1S/C14H12ClNO/c1-17-16-10-12-5-2-3-8-14(12)11-6-4-7-13(15)9-11/h2-10H,1H3/b16-10+. The Labute approximate surface area is 105 Å². The van der Waals surface area contributed by atoms with Crippen LogP contribution in [0.4, 0.5) is 0 Å². The monoisotopic (exact) mass is 245 g/mol. The lowest BCUT2D eigenvalue weighted by atomic mass is 10.0. The van der Waals surface area contributed by atoms with E-state index in [4.69, 9.17) is 16.4 Å². The fourth-order valence-electron chi connectivity index (χ4n) is 1.64. The number of halogens is 1. The van der Waals surface area contributed by atoms with Gasteiger partial charge in [-0.15, -0.1) is 0 Å². The molecule has 0 bridgehead atoms. The zero-order chi connectivity index (χ0) is 12.1. The quantitative estimate of drug-likeness (QED) is 0.592. The molecule has 0 amide bonds. The van der Waals surface area contributed by atoms with Gasteiger partial charge in [0.15, 0.2) is 0 Å². The Bertz CT molecular complexity index is 537. The summed E-state index contributed by atoms with van der Waals surface area (Å²) in [5, 5.41) is 4.52. The first-order valence-electron chi connectivity index (χ1n) is 5.23. The molecule has 0 spiro atoms. The van der Waals surface area contributed by atoms with Gasteiger partial charge in [-0.05, 0) is 23.3 Å². The number of hydrogen-bond donors (Lipinski definition) is 0. The molecule has 17 heavy (non-hydrogen) atoms. The van der Waals surface area contributed by atoms with Crippen molar-refractivity contribution in [2.45, 2.75) is 0 Å². The topological polar surface area (TPSA) is 21.6 Å². The van der Waals surface area contributed by atoms with Crippen LogP contribution in [0.1, 0.15) is 5.56 Å². The fourth-order valence-corrected chi connectivity index (χ4v) is 1.83. The van der Waals surface area contributed by atoms with Gasteiger partial charge in [-0.2, -0.15) is 0 Å². The second kappa shape index (κ2) is 5.51. The van der Waals surface area contributed by atoms with E-state index in [1.165, 1.54) is 7.11 Å². The average Bonchev–Trinajstić information content (AvgIpc) is 2.37. The van der Waals surface area contributed by atoms with Gasteiger partial charge in [-0.3, -0.25) is 0 Å². The molecular formula is C14H12ClNO. The van der Waals surface area contributed by atoms with E-state index in [2.05, 4.69) is 5.16 Å². The molecule has 86 valence electrons. The van der Waals surface area contributed by atoms with Gasteiger partial charge in [0.2, 0.25) is 0 Å². The van der Waals surface area contributed by atoms with Gasteiger partial charge >= 0.3 is 0 Å². The van der Waals surface area contributed by atoms with Gasteiger partial charge in [0.1, 0.15) is 7.11 Å². The molecule has 0 aliphatic heterocycles.